The minimum Gasteiger partial charge on any atom is -0.504 e. The monoisotopic (exact) mass is 1170 g/mol. The van der Waals surface area contributed by atoms with Crippen molar-refractivity contribution in [1.29, 1.82) is 0 Å². The number of aromatic hydroxyl groups is 1. The highest BCUT2D eigenvalue weighted by Crippen LogP contribution is 2.33. The number of carbonyl (C=O) groups is 6. The molecule has 3 aliphatic heterocycles. The van der Waals surface area contributed by atoms with Gasteiger partial charge in [-0.1, -0.05) is 50.0 Å². The first-order valence-corrected chi connectivity index (χ1v) is 27.7. The fraction of sp³-hybridized carbons (Fsp3) is 0.472. The van der Waals surface area contributed by atoms with E-state index in [1.165, 1.54) is 17.0 Å². The number of amides is 6. The van der Waals surface area contributed by atoms with Gasteiger partial charge in [-0.15, -0.1) is 0 Å². The van der Waals surface area contributed by atoms with E-state index in [4.69, 9.17) is 9.26 Å². The van der Waals surface area contributed by atoms with Crippen molar-refractivity contribution in [2.45, 2.75) is 126 Å². The van der Waals surface area contributed by atoms with Crippen molar-refractivity contribution in [1.82, 2.24) is 41.5 Å². The lowest BCUT2D eigenvalue weighted by atomic mass is 9.97. The van der Waals surface area contributed by atoms with Crippen LogP contribution in [0.2, 0.25) is 0 Å². The summed E-state index contributed by atoms with van der Waals surface area (Å²) in [4.78, 5) is 87.0. The van der Waals surface area contributed by atoms with E-state index in [-0.39, 0.29) is 18.7 Å². The molecule has 0 aliphatic carbocycles. The molecule has 1 radical (unpaired) electrons. The van der Waals surface area contributed by atoms with E-state index < -0.39 is 161 Å². The molecule has 82 heavy (non-hydrogen) atoms. The molecule has 0 spiro atoms. The zero-order valence-electron chi connectivity index (χ0n) is 44.6. The molecule has 13 atom stereocenters. The Morgan fingerprint density at radius 2 is 1.52 bits per heavy atom. The van der Waals surface area contributed by atoms with Crippen molar-refractivity contribution in [3.8, 4) is 39.8 Å². The summed E-state index contributed by atoms with van der Waals surface area (Å²) in [6.45, 7) is 5.46. The maximum atomic E-state index is 14.4. The first-order chi connectivity index (χ1) is 38.8. The third-order valence-electron chi connectivity index (χ3n) is 14.2. The van der Waals surface area contributed by atoms with Crippen molar-refractivity contribution in [3.05, 3.63) is 90.5 Å². The minimum atomic E-state index is -5.24. The van der Waals surface area contributed by atoms with Crippen LogP contribution in [0.3, 0.4) is 0 Å². The largest absolute Gasteiger partial charge is 0.504 e. The predicted molar refractivity (Wildman–Crippen MR) is 284 cm³/mol. The lowest BCUT2D eigenvalue weighted by Gasteiger charge is -2.33. The van der Waals surface area contributed by atoms with Gasteiger partial charge in [-0.2, -0.15) is 8.42 Å². The van der Waals surface area contributed by atoms with Crippen LogP contribution < -0.4 is 35.5 Å². The number of hydrogen-bond donors (Lipinski definition) is 14. The highest BCUT2D eigenvalue weighted by atomic mass is 32.3. The Morgan fingerprint density at radius 1 is 0.841 bits per heavy atom. The molecule has 0 bridgehead atoms. The number of nitrogens with one attached hydrogen (secondary N) is 5. The zero-order valence-corrected chi connectivity index (χ0v) is 45.5. The van der Waals surface area contributed by atoms with Gasteiger partial charge in [0, 0.05) is 55.2 Å². The van der Waals surface area contributed by atoms with Gasteiger partial charge in [0.15, 0.2) is 23.5 Å². The Morgan fingerprint density at radius 3 is 2.20 bits per heavy atom. The Balaban J connectivity index is 1.15. The molecule has 3 saturated heterocycles. The SMILES string of the molecule is CCCCCOc1ccc(-c2cc(-c3ccc(C(=O)N[C@H]4C[C@@H](O)[C@@H](O)NC(=O)[C@@H]5[C@@H](O)[C@@H](C)CN5C[CH]NC(=O)[C@H]([C@H](O)[C@@H](O)c5ccc(O)c(OS(=O)(=O)O)c5)NC(=O)[C@@H]5C[C@@H](O)CN5C(=O)[C@H]([C@@H](C)O)NC4=O)cc3)no2)cc1. The molecule has 3 aromatic carbocycles. The molecule has 28 nitrogen and oxygen atoms in total. The first-order valence-electron chi connectivity index (χ1n) is 26.3. The number of aliphatic hydroxyl groups is 7. The lowest BCUT2D eigenvalue weighted by molar-refractivity contribution is -0.145. The third kappa shape index (κ3) is 15.4. The molecule has 29 heteroatoms. The first kappa shape index (κ1) is 62.3. The van der Waals surface area contributed by atoms with Gasteiger partial charge in [0.2, 0.25) is 29.5 Å². The van der Waals surface area contributed by atoms with Crippen molar-refractivity contribution in [3.63, 3.8) is 0 Å². The fourth-order valence-corrected chi connectivity index (χ4v) is 10.1. The van der Waals surface area contributed by atoms with Gasteiger partial charge in [0.25, 0.3) is 5.91 Å². The average Bonchev–Trinajstić information content (AvgIpc) is 4.29. The molecule has 0 unspecified atom stereocenters. The third-order valence-corrected chi connectivity index (χ3v) is 14.6. The van der Waals surface area contributed by atoms with Crippen molar-refractivity contribution in [2.24, 2.45) is 5.92 Å². The molecule has 14 N–H and O–H groups in total. The standard InChI is InChI=1S/C53H67N8O20S/c1-4-5-6-19-79-33-14-11-29(12-15-33)39-23-34(59-80-39)28-7-9-30(10-8-28)47(69)55-35-22-38(65)50(72)58-52(74)43-44(66)26(2)24-60(43)18-17-54-51(73)42(46(68)45(67)31-13-16-37(64)40(20-31)81-82(76,77)78)57-49(71)36-21-32(63)25-61(36)53(75)41(27(3)62)56-48(35)70/h7-17,20,23,26-27,32,35-36,38,41-46,50,62-68,72H,4-6,18-19,21-22,24-25H2,1-3H3,(H,54,73)(H,55,69)(H,56,70)(H,57,71)(H,58,74)(H,76,77,78)/t26-,27+,32+,35-,36-,38+,41-,42-,43-,44-,45-,46-,50+/m0/s1. The normalized spacial score (nSPS) is 26.6. The minimum absolute atomic E-state index is 0.00226. The molecule has 7 rings (SSSR count). The number of carbonyl (C=O) groups excluding carboxylic acids is 6. The molecule has 4 heterocycles. The van der Waals surface area contributed by atoms with Gasteiger partial charge in [-0.3, -0.25) is 38.2 Å². The van der Waals surface area contributed by atoms with E-state index in [1.807, 2.05) is 24.3 Å². The van der Waals surface area contributed by atoms with Crippen LogP contribution >= 0.6 is 0 Å². The molecule has 4 aromatic rings. The van der Waals surface area contributed by atoms with Crippen LogP contribution in [0.15, 0.2) is 77.3 Å². The Bertz CT molecular complexity index is 3020. The Hall–Kier alpha value is -7.32. The fourth-order valence-electron chi connectivity index (χ4n) is 9.71. The van der Waals surface area contributed by atoms with Crippen LogP contribution in [0.5, 0.6) is 17.2 Å². The molecule has 6 amide bonds. The number of unbranched alkanes of at least 4 members (excludes halogenated alkanes) is 2. The average molecular weight is 1170 g/mol. The number of phenols is 1. The van der Waals surface area contributed by atoms with Crippen LogP contribution in [0.25, 0.3) is 22.6 Å². The van der Waals surface area contributed by atoms with E-state index in [1.54, 1.807) is 25.1 Å². The molecule has 445 valence electrons. The van der Waals surface area contributed by atoms with Gasteiger partial charge in [-0.25, -0.2) is 0 Å². The summed E-state index contributed by atoms with van der Waals surface area (Å²) in [5, 5.41) is 104. The van der Waals surface area contributed by atoms with Crippen LogP contribution in [-0.4, -0.2) is 197 Å². The number of aliphatic hydroxyl groups excluding tert-OH is 7. The zero-order chi connectivity index (χ0) is 59.7. The van der Waals surface area contributed by atoms with Crippen molar-refractivity contribution in [2.75, 3.05) is 26.2 Å². The summed E-state index contributed by atoms with van der Waals surface area (Å²) in [5.74, 6) is -8.13. The second-order valence-electron chi connectivity index (χ2n) is 20.4. The molecule has 3 aliphatic rings. The van der Waals surface area contributed by atoms with Crippen LogP contribution in [-0.2, 0) is 34.4 Å². The second kappa shape index (κ2) is 27.2. The van der Waals surface area contributed by atoms with Gasteiger partial charge in [-0.05, 0) is 73.4 Å². The van der Waals surface area contributed by atoms with E-state index in [0.717, 1.165) is 55.3 Å². The summed E-state index contributed by atoms with van der Waals surface area (Å²) in [6.07, 6.45) is -11.8. The Labute approximate surface area is 470 Å². The highest BCUT2D eigenvalue weighted by molar-refractivity contribution is 7.81. The number of ether oxygens (including phenoxy) is 1. The van der Waals surface area contributed by atoms with E-state index in [9.17, 15) is 82.6 Å². The molecule has 0 saturated carbocycles. The summed E-state index contributed by atoms with van der Waals surface area (Å²) >= 11 is 0. The van der Waals surface area contributed by atoms with Crippen LogP contribution in [0, 0.1) is 12.5 Å². The predicted octanol–water partition coefficient (Wildman–Crippen LogP) is -1.87. The number of nitrogens with zero attached hydrogens (tertiary/aromatic N) is 3. The summed E-state index contributed by atoms with van der Waals surface area (Å²) < 4.78 is 47.9. The van der Waals surface area contributed by atoms with Crippen LogP contribution in [0.1, 0.15) is 74.9 Å². The topological polar surface area (TPSA) is 430 Å². The number of fused-ring (bicyclic) bond motifs is 2. The smallest absolute Gasteiger partial charge is 0.446 e. The maximum absolute atomic E-state index is 14.4. The van der Waals surface area contributed by atoms with Crippen molar-refractivity contribution < 1.29 is 96.0 Å². The molecule has 3 fully saturated rings. The molecule has 1 aromatic heterocycles. The van der Waals surface area contributed by atoms with E-state index >= 15 is 0 Å². The lowest BCUT2D eigenvalue weighted by Crippen LogP contribution is -2.62. The summed E-state index contributed by atoms with van der Waals surface area (Å²) in [7, 11) is -5.24. The second-order valence-corrected chi connectivity index (χ2v) is 21.4. The van der Waals surface area contributed by atoms with Gasteiger partial charge in [0.1, 0.15) is 60.0 Å². The number of benzene rings is 3. The van der Waals surface area contributed by atoms with E-state index in [0.29, 0.717) is 35.4 Å². The summed E-state index contributed by atoms with van der Waals surface area (Å²) in [5.41, 5.74) is 1.18. The van der Waals surface area contributed by atoms with Gasteiger partial charge in [0.05, 0.1) is 31.5 Å². The van der Waals surface area contributed by atoms with E-state index in [2.05, 4.69) is 42.8 Å². The number of hydrogen-bond acceptors (Lipinski definition) is 21. The van der Waals surface area contributed by atoms with Gasteiger partial charge >= 0.3 is 10.4 Å². The van der Waals surface area contributed by atoms with Gasteiger partial charge < -0.3 is 85.8 Å². The summed E-state index contributed by atoms with van der Waals surface area (Å²) in [6, 6.07) is 8.04. The number of aromatic nitrogens is 1. The molecular weight excluding hydrogens is 1100 g/mol. The number of phenolic OH excluding ortho intramolecular Hbond substituents is 1. The highest BCUT2D eigenvalue weighted by Gasteiger charge is 2.47. The number of rotatable bonds is 15. The quantitative estimate of drug-likeness (QED) is 0.0458. The van der Waals surface area contributed by atoms with Crippen molar-refractivity contribution >= 4 is 45.8 Å². The Kier molecular flexibility index (Phi) is 20.6. The molecular formula is C53H67N8O20S. The van der Waals surface area contributed by atoms with Crippen LogP contribution in [0.4, 0.5) is 0 Å². The maximum Gasteiger partial charge on any atom is 0.446 e.